The molecule has 0 unspecified atom stereocenters. The Balaban J connectivity index is 1.53. The molecular weight excluding hydrogens is 342 g/mol. The number of aryl methyl sites for hydroxylation is 1. The molecule has 2 aromatic rings. The van der Waals surface area contributed by atoms with Crippen LogP contribution in [-0.4, -0.2) is 30.7 Å². The molecule has 1 aliphatic heterocycles. The van der Waals surface area contributed by atoms with Gasteiger partial charge in [0.2, 0.25) is 5.91 Å². The lowest BCUT2D eigenvalue weighted by molar-refractivity contribution is -0.123. The summed E-state index contributed by atoms with van der Waals surface area (Å²) in [5.74, 6) is 0.488. The third-order valence-corrected chi connectivity index (χ3v) is 4.38. The number of carbonyl (C=O) groups excluding carboxylic acids is 2. The van der Waals surface area contributed by atoms with Gasteiger partial charge in [0.1, 0.15) is 5.75 Å². The van der Waals surface area contributed by atoms with Crippen LogP contribution in [0.4, 0.5) is 5.69 Å². The number of nitrogens with one attached hydrogen (secondary N) is 1. The second-order valence-corrected chi connectivity index (χ2v) is 6.53. The zero-order valence-corrected chi connectivity index (χ0v) is 15.6. The number of hydrazone groups is 1. The lowest BCUT2D eigenvalue weighted by Crippen LogP contribution is -2.25. The fraction of sp³-hybridized carbons (Fsp3) is 0.286. The average molecular weight is 365 g/mol. The number of hydrogen-bond donors (Lipinski definition) is 1. The van der Waals surface area contributed by atoms with Crippen LogP contribution in [0.3, 0.4) is 0 Å². The van der Waals surface area contributed by atoms with E-state index in [1.807, 2.05) is 62.4 Å². The maximum Gasteiger partial charge on any atom is 0.277 e. The number of ether oxygens (including phenoxy) is 1. The van der Waals surface area contributed by atoms with Crippen LogP contribution >= 0.6 is 0 Å². The standard InChI is InChI=1S/C21H23N3O3/c1-15-5-3-6-19(13-15)27-14-20(25)23-22-16(2)17-8-10-18(11-9-17)24-12-4-7-21(24)26/h3,5-6,8-11,13H,4,7,12,14H2,1-2H3,(H,23,25)/b22-16-. The van der Waals surface area contributed by atoms with Gasteiger partial charge in [-0.05, 0) is 55.7 Å². The maximum absolute atomic E-state index is 11.9. The van der Waals surface area contributed by atoms with E-state index in [1.165, 1.54) is 0 Å². The van der Waals surface area contributed by atoms with Crippen LogP contribution in [0, 0.1) is 6.92 Å². The summed E-state index contributed by atoms with van der Waals surface area (Å²) in [7, 11) is 0. The summed E-state index contributed by atoms with van der Waals surface area (Å²) in [6, 6.07) is 15.1. The van der Waals surface area contributed by atoms with Crippen LogP contribution in [0.5, 0.6) is 5.75 Å². The minimum atomic E-state index is -0.324. The molecule has 0 atom stereocenters. The first-order chi connectivity index (χ1) is 13.0. The molecule has 27 heavy (non-hydrogen) atoms. The van der Waals surface area contributed by atoms with Gasteiger partial charge in [-0.15, -0.1) is 0 Å². The molecule has 1 aliphatic rings. The van der Waals surface area contributed by atoms with Gasteiger partial charge < -0.3 is 9.64 Å². The number of amides is 2. The van der Waals surface area contributed by atoms with Crippen molar-refractivity contribution >= 4 is 23.2 Å². The van der Waals surface area contributed by atoms with Gasteiger partial charge in [0.15, 0.2) is 6.61 Å². The van der Waals surface area contributed by atoms with Crippen LogP contribution in [0.1, 0.15) is 30.9 Å². The predicted octanol–water partition coefficient (Wildman–Crippen LogP) is 3.04. The number of benzene rings is 2. The molecule has 1 N–H and O–H groups in total. The van der Waals surface area contributed by atoms with Crippen molar-refractivity contribution in [3.05, 3.63) is 59.7 Å². The molecule has 6 nitrogen and oxygen atoms in total. The van der Waals surface area contributed by atoms with Crippen molar-refractivity contribution in [1.29, 1.82) is 0 Å². The largest absolute Gasteiger partial charge is 0.484 e. The Morgan fingerprint density at radius 2 is 2.00 bits per heavy atom. The Morgan fingerprint density at radius 3 is 2.67 bits per heavy atom. The number of rotatable bonds is 6. The molecule has 2 amide bonds. The monoisotopic (exact) mass is 365 g/mol. The summed E-state index contributed by atoms with van der Waals surface area (Å²) in [5, 5.41) is 4.12. The molecular formula is C21H23N3O3. The summed E-state index contributed by atoms with van der Waals surface area (Å²) >= 11 is 0. The molecule has 0 bridgehead atoms. The van der Waals surface area contributed by atoms with E-state index in [2.05, 4.69) is 10.5 Å². The van der Waals surface area contributed by atoms with Crippen LogP contribution in [0.15, 0.2) is 53.6 Å². The van der Waals surface area contributed by atoms with Gasteiger partial charge >= 0.3 is 0 Å². The predicted molar refractivity (Wildman–Crippen MR) is 105 cm³/mol. The number of carbonyl (C=O) groups is 2. The van der Waals surface area contributed by atoms with E-state index in [0.29, 0.717) is 17.9 Å². The number of nitrogens with zero attached hydrogens (tertiary/aromatic N) is 2. The van der Waals surface area contributed by atoms with Crippen molar-refractivity contribution in [1.82, 2.24) is 5.43 Å². The smallest absolute Gasteiger partial charge is 0.277 e. The Morgan fingerprint density at radius 1 is 1.22 bits per heavy atom. The molecule has 0 aromatic heterocycles. The normalized spacial score (nSPS) is 14.4. The molecule has 1 heterocycles. The van der Waals surface area contributed by atoms with Gasteiger partial charge in [0.05, 0.1) is 5.71 Å². The Kier molecular flexibility index (Phi) is 5.86. The summed E-state index contributed by atoms with van der Waals surface area (Å²) in [6.45, 7) is 4.45. The Hall–Kier alpha value is -3.15. The van der Waals surface area contributed by atoms with E-state index in [1.54, 1.807) is 4.90 Å². The van der Waals surface area contributed by atoms with Crippen LogP contribution in [0.2, 0.25) is 0 Å². The minimum Gasteiger partial charge on any atom is -0.484 e. The van der Waals surface area contributed by atoms with Gasteiger partial charge in [-0.3, -0.25) is 9.59 Å². The van der Waals surface area contributed by atoms with Crippen molar-refractivity contribution in [2.45, 2.75) is 26.7 Å². The minimum absolute atomic E-state index is 0.101. The number of hydrogen-bond acceptors (Lipinski definition) is 4. The molecule has 3 rings (SSSR count). The highest BCUT2D eigenvalue weighted by atomic mass is 16.5. The van der Waals surface area contributed by atoms with Crippen LogP contribution in [0.25, 0.3) is 0 Å². The Labute approximate surface area is 158 Å². The van der Waals surface area contributed by atoms with Gasteiger partial charge in [-0.25, -0.2) is 5.43 Å². The van der Waals surface area contributed by atoms with E-state index in [0.717, 1.165) is 29.8 Å². The lowest BCUT2D eigenvalue weighted by Gasteiger charge is -2.15. The molecule has 140 valence electrons. The van der Waals surface area contributed by atoms with E-state index >= 15 is 0 Å². The van der Waals surface area contributed by atoms with Gasteiger partial charge in [-0.1, -0.05) is 24.3 Å². The summed E-state index contributed by atoms with van der Waals surface area (Å²) in [6.07, 6.45) is 1.51. The molecule has 0 spiro atoms. The second-order valence-electron chi connectivity index (χ2n) is 6.53. The fourth-order valence-electron chi connectivity index (χ4n) is 2.90. The molecule has 0 saturated carbocycles. The molecule has 6 heteroatoms. The van der Waals surface area contributed by atoms with Gasteiger partial charge in [0.25, 0.3) is 5.91 Å². The maximum atomic E-state index is 11.9. The molecule has 2 aromatic carbocycles. The fourth-order valence-corrected chi connectivity index (χ4v) is 2.90. The van der Waals surface area contributed by atoms with E-state index < -0.39 is 0 Å². The van der Waals surface area contributed by atoms with E-state index in [-0.39, 0.29) is 18.4 Å². The van der Waals surface area contributed by atoms with Crippen molar-refractivity contribution in [2.24, 2.45) is 5.10 Å². The first-order valence-corrected chi connectivity index (χ1v) is 8.96. The van der Waals surface area contributed by atoms with E-state index in [4.69, 9.17) is 4.74 Å². The van der Waals surface area contributed by atoms with Gasteiger partial charge in [0, 0.05) is 18.7 Å². The lowest BCUT2D eigenvalue weighted by atomic mass is 10.1. The van der Waals surface area contributed by atoms with Crippen molar-refractivity contribution < 1.29 is 14.3 Å². The molecule has 1 saturated heterocycles. The summed E-state index contributed by atoms with van der Waals surface area (Å²) in [4.78, 5) is 25.5. The topological polar surface area (TPSA) is 71.0 Å². The van der Waals surface area contributed by atoms with Crippen molar-refractivity contribution in [3.63, 3.8) is 0 Å². The van der Waals surface area contributed by atoms with Crippen LogP contribution in [-0.2, 0) is 9.59 Å². The molecule has 1 fully saturated rings. The van der Waals surface area contributed by atoms with Crippen LogP contribution < -0.4 is 15.1 Å². The third kappa shape index (κ3) is 4.94. The summed E-state index contributed by atoms with van der Waals surface area (Å²) < 4.78 is 5.45. The quantitative estimate of drug-likeness (QED) is 0.632. The average Bonchev–Trinajstić information content (AvgIpc) is 3.10. The third-order valence-electron chi connectivity index (χ3n) is 4.38. The first-order valence-electron chi connectivity index (χ1n) is 8.96. The molecule has 0 radical (unpaired) electrons. The highest BCUT2D eigenvalue weighted by molar-refractivity contribution is 6.00. The van der Waals surface area contributed by atoms with Crippen molar-refractivity contribution in [2.75, 3.05) is 18.1 Å². The summed E-state index contributed by atoms with van der Waals surface area (Å²) in [5.41, 5.74) is 6.02. The van der Waals surface area contributed by atoms with Crippen molar-refractivity contribution in [3.8, 4) is 5.75 Å². The second kappa shape index (κ2) is 8.49. The molecule has 0 aliphatic carbocycles. The number of anilines is 1. The highest BCUT2D eigenvalue weighted by Gasteiger charge is 2.21. The van der Waals surface area contributed by atoms with Gasteiger partial charge in [-0.2, -0.15) is 5.10 Å². The van der Waals surface area contributed by atoms with E-state index in [9.17, 15) is 9.59 Å². The zero-order chi connectivity index (χ0) is 19.2. The first kappa shape index (κ1) is 18.6. The Bertz CT molecular complexity index is 859. The zero-order valence-electron chi connectivity index (χ0n) is 15.6. The highest BCUT2D eigenvalue weighted by Crippen LogP contribution is 2.21. The SMILES string of the molecule is C/C(=N/NC(=O)COc1cccc(C)c1)c1ccc(N2CCCC2=O)cc1.